The number of nitrogens with zero attached hydrogens (tertiary/aromatic N) is 4. The highest BCUT2D eigenvalue weighted by atomic mass is 16.2. The zero-order valence-electron chi connectivity index (χ0n) is 17.4. The van der Waals surface area contributed by atoms with Crippen molar-refractivity contribution in [1.29, 1.82) is 0 Å². The molecule has 0 atom stereocenters. The van der Waals surface area contributed by atoms with Crippen LogP contribution in [0.5, 0.6) is 0 Å². The van der Waals surface area contributed by atoms with E-state index >= 15 is 0 Å². The maximum absolute atomic E-state index is 12.7. The number of rotatable bonds is 4. The SMILES string of the molecule is O=C(C(=O)N1CCN(Cc2ccccc2)CC1)N1CCN(Cc2ccccc2)CC1. The van der Waals surface area contributed by atoms with Crippen LogP contribution < -0.4 is 0 Å². The lowest BCUT2D eigenvalue weighted by Crippen LogP contribution is -2.56. The third kappa shape index (κ3) is 5.26. The lowest BCUT2D eigenvalue weighted by molar-refractivity contribution is -0.153. The zero-order chi connectivity index (χ0) is 20.8. The number of piperazine rings is 2. The summed E-state index contributed by atoms with van der Waals surface area (Å²) in [5, 5.41) is 0. The molecule has 2 amide bonds. The second-order valence-corrected chi connectivity index (χ2v) is 8.11. The second-order valence-electron chi connectivity index (χ2n) is 8.11. The molecule has 2 aromatic rings. The predicted molar refractivity (Wildman–Crippen MR) is 117 cm³/mol. The van der Waals surface area contributed by atoms with Gasteiger partial charge in [-0.05, 0) is 11.1 Å². The minimum Gasteiger partial charge on any atom is -0.332 e. The molecule has 158 valence electrons. The van der Waals surface area contributed by atoms with Gasteiger partial charge in [0.1, 0.15) is 0 Å². The average molecular weight is 407 g/mol. The summed E-state index contributed by atoms with van der Waals surface area (Å²) >= 11 is 0. The van der Waals surface area contributed by atoms with Gasteiger partial charge in [-0.25, -0.2) is 0 Å². The molecule has 0 unspecified atom stereocenters. The molecule has 0 radical (unpaired) electrons. The topological polar surface area (TPSA) is 47.1 Å². The van der Waals surface area contributed by atoms with Crippen LogP contribution in [-0.2, 0) is 22.7 Å². The molecule has 2 fully saturated rings. The van der Waals surface area contributed by atoms with Crippen molar-refractivity contribution < 1.29 is 9.59 Å². The van der Waals surface area contributed by atoms with Gasteiger partial charge in [-0.15, -0.1) is 0 Å². The fraction of sp³-hybridized carbons (Fsp3) is 0.417. The normalized spacial score (nSPS) is 18.4. The monoisotopic (exact) mass is 406 g/mol. The standard InChI is InChI=1S/C24H30N4O2/c29-23(27-15-11-25(12-16-27)19-21-7-3-1-4-8-21)24(30)28-17-13-26(14-18-28)20-22-9-5-2-6-10-22/h1-10H,11-20H2. The van der Waals surface area contributed by atoms with Crippen LogP contribution in [0.4, 0.5) is 0 Å². The van der Waals surface area contributed by atoms with E-state index in [9.17, 15) is 9.59 Å². The van der Waals surface area contributed by atoms with E-state index in [1.54, 1.807) is 9.80 Å². The number of hydrogen-bond donors (Lipinski definition) is 0. The molecule has 0 aliphatic carbocycles. The van der Waals surface area contributed by atoms with Crippen LogP contribution in [0.1, 0.15) is 11.1 Å². The highest BCUT2D eigenvalue weighted by Gasteiger charge is 2.31. The van der Waals surface area contributed by atoms with Crippen LogP contribution in [0, 0.1) is 0 Å². The first-order valence-corrected chi connectivity index (χ1v) is 10.8. The van der Waals surface area contributed by atoms with Gasteiger partial charge in [0.05, 0.1) is 0 Å². The van der Waals surface area contributed by atoms with Crippen LogP contribution in [0.15, 0.2) is 60.7 Å². The maximum atomic E-state index is 12.7. The van der Waals surface area contributed by atoms with Crippen molar-refractivity contribution in [2.45, 2.75) is 13.1 Å². The third-order valence-electron chi connectivity index (χ3n) is 6.00. The Morgan fingerprint density at radius 2 is 0.867 bits per heavy atom. The molecule has 0 spiro atoms. The lowest BCUT2D eigenvalue weighted by atomic mass is 10.2. The van der Waals surface area contributed by atoms with Crippen molar-refractivity contribution in [3.05, 3.63) is 71.8 Å². The van der Waals surface area contributed by atoms with Crippen LogP contribution in [-0.4, -0.2) is 83.8 Å². The zero-order valence-corrected chi connectivity index (χ0v) is 17.4. The predicted octanol–water partition coefficient (Wildman–Crippen LogP) is 1.68. The summed E-state index contributed by atoms with van der Waals surface area (Å²) in [6, 6.07) is 20.7. The van der Waals surface area contributed by atoms with Crippen molar-refractivity contribution in [3.8, 4) is 0 Å². The molecular formula is C24H30N4O2. The van der Waals surface area contributed by atoms with E-state index in [0.29, 0.717) is 26.2 Å². The van der Waals surface area contributed by atoms with Crippen LogP contribution >= 0.6 is 0 Å². The molecule has 2 aliphatic heterocycles. The first-order chi connectivity index (χ1) is 14.7. The summed E-state index contributed by atoms with van der Waals surface area (Å²) in [4.78, 5) is 33.6. The number of amides is 2. The molecule has 6 heteroatoms. The Morgan fingerprint density at radius 3 is 1.20 bits per heavy atom. The van der Waals surface area contributed by atoms with Gasteiger partial charge in [-0.1, -0.05) is 60.7 Å². The minimum absolute atomic E-state index is 0.342. The Bertz CT molecular complexity index is 755. The summed E-state index contributed by atoms with van der Waals surface area (Å²) in [6.07, 6.45) is 0. The number of benzene rings is 2. The average Bonchev–Trinajstić information content (AvgIpc) is 2.80. The molecular weight excluding hydrogens is 376 g/mol. The number of hydrogen-bond acceptors (Lipinski definition) is 4. The molecule has 2 heterocycles. The van der Waals surface area contributed by atoms with E-state index < -0.39 is 0 Å². The Labute approximate surface area is 178 Å². The van der Waals surface area contributed by atoms with Gasteiger partial charge in [0.15, 0.2) is 0 Å². The molecule has 0 aromatic heterocycles. The molecule has 0 saturated carbocycles. The van der Waals surface area contributed by atoms with Crippen LogP contribution in [0.25, 0.3) is 0 Å². The highest BCUT2D eigenvalue weighted by Crippen LogP contribution is 2.12. The van der Waals surface area contributed by atoms with E-state index in [0.717, 1.165) is 39.3 Å². The molecule has 0 N–H and O–H groups in total. The number of carbonyl (C=O) groups excluding carboxylic acids is 2. The van der Waals surface area contributed by atoms with E-state index in [-0.39, 0.29) is 11.8 Å². The molecule has 0 bridgehead atoms. The minimum atomic E-state index is -0.342. The van der Waals surface area contributed by atoms with Gasteiger partial charge in [0.2, 0.25) is 0 Å². The maximum Gasteiger partial charge on any atom is 0.312 e. The second kappa shape index (κ2) is 9.87. The van der Waals surface area contributed by atoms with Crippen molar-refractivity contribution in [2.24, 2.45) is 0 Å². The smallest absolute Gasteiger partial charge is 0.312 e. The Kier molecular flexibility index (Phi) is 6.77. The number of carbonyl (C=O) groups is 2. The van der Waals surface area contributed by atoms with Crippen LogP contribution in [0.2, 0.25) is 0 Å². The van der Waals surface area contributed by atoms with Crippen LogP contribution in [0.3, 0.4) is 0 Å². The molecule has 2 aliphatic rings. The van der Waals surface area contributed by atoms with Gasteiger partial charge < -0.3 is 9.80 Å². The van der Waals surface area contributed by atoms with Gasteiger partial charge in [0.25, 0.3) is 0 Å². The van der Waals surface area contributed by atoms with Crippen molar-refractivity contribution in [3.63, 3.8) is 0 Å². The summed E-state index contributed by atoms with van der Waals surface area (Å²) in [5.41, 5.74) is 2.56. The molecule has 6 nitrogen and oxygen atoms in total. The van der Waals surface area contributed by atoms with E-state index in [1.165, 1.54) is 11.1 Å². The molecule has 2 aromatic carbocycles. The molecule has 30 heavy (non-hydrogen) atoms. The first-order valence-electron chi connectivity index (χ1n) is 10.8. The van der Waals surface area contributed by atoms with E-state index in [4.69, 9.17) is 0 Å². The van der Waals surface area contributed by atoms with Gasteiger partial charge in [-0.2, -0.15) is 0 Å². The molecule has 2 saturated heterocycles. The largest absolute Gasteiger partial charge is 0.332 e. The fourth-order valence-corrected chi connectivity index (χ4v) is 4.17. The summed E-state index contributed by atoms with van der Waals surface area (Å²) < 4.78 is 0. The Balaban J connectivity index is 1.21. The van der Waals surface area contributed by atoms with E-state index in [2.05, 4.69) is 34.1 Å². The fourth-order valence-electron chi connectivity index (χ4n) is 4.17. The summed E-state index contributed by atoms with van der Waals surface area (Å²) in [7, 11) is 0. The van der Waals surface area contributed by atoms with Gasteiger partial charge in [0, 0.05) is 65.4 Å². The summed E-state index contributed by atoms with van der Waals surface area (Å²) in [5.74, 6) is -0.684. The summed E-state index contributed by atoms with van der Waals surface area (Å²) in [6.45, 7) is 7.46. The van der Waals surface area contributed by atoms with Crippen molar-refractivity contribution in [1.82, 2.24) is 19.6 Å². The molecule has 4 rings (SSSR count). The first kappa shape index (κ1) is 20.6. The van der Waals surface area contributed by atoms with Crippen molar-refractivity contribution in [2.75, 3.05) is 52.4 Å². The third-order valence-corrected chi connectivity index (χ3v) is 6.00. The van der Waals surface area contributed by atoms with E-state index in [1.807, 2.05) is 36.4 Å². The quantitative estimate of drug-likeness (QED) is 0.725. The van der Waals surface area contributed by atoms with Gasteiger partial charge in [-0.3, -0.25) is 19.4 Å². The lowest BCUT2D eigenvalue weighted by Gasteiger charge is -2.37. The van der Waals surface area contributed by atoms with Gasteiger partial charge >= 0.3 is 11.8 Å². The van der Waals surface area contributed by atoms with Crippen molar-refractivity contribution >= 4 is 11.8 Å². The Hall–Kier alpha value is -2.70. The highest BCUT2D eigenvalue weighted by molar-refractivity contribution is 6.34. The Morgan fingerprint density at radius 1 is 0.533 bits per heavy atom.